The van der Waals surface area contributed by atoms with E-state index in [1.54, 1.807) is 41.5 Å². The third kappa shape index (κ3) is 16.7. The number of rotatable bonds is 17. The molecule has 6 aromatic carbocycles. The van der Waals surface area contributed by atoms with Crippen LogP contribution in [0.3, 0.4) is 0 Å². The second kappa shape index (κ2) is 26.5. The Labute approximate surface area is 464 Å². The van der Waals surface area contributed by atoms with E-state index in [0.717, 1.165) is 51.4 Å². The van der Waals surface area contributed by atoms with Crippen LogP contribution in [0.4, 0.5) is 27.2 Å². The quantitative estimate of drug-likeness (QED) is 0.0749. The maximum atomic E-state index is 14.5. The van der Waals surface area contributed by atoms with E-state index < -0.39 is 94.8 Å². The molecule has 4 amide bonds. The molecule has 2 saturated heterocycles. The summed E-state index contributed by atoms with van der Waals surface area (Å²) in [7, 11) is 0. The summed E-state index contributed by atoms with van der Waals surface area (Å²) in [6, 6.07) is 39.6. The summed E-state index contributed by atoms with van der Waals surface area (Å²) in [5, 5.41) is 23.4. The molecular formula is C62H70F4N6O8. The molecule has 18 heteroatoms. The van der Waals surface area contributed by atoms with Gasteiger partial charge in [0.1, 0.15) is 59.9 Å². The Balaban J connectivity index is 0.000000246. The highest BCUT2D eigenvalue weighted by atomic mass is 19.1. The van der Waals surface area contributed by atoms with Gasteiger partial charge in [-0.1, -0.05) is 121 Å². The summed E-state index contributed by atoms with van der Waals surface area (Å²) in [6.07, 6.45) is -4.55. The fraction of sp³-hybridized carbons (Fsp3) is 0.355. The first-order valence-corrected chi connectivity index (χ1v) is 26.4. The summed E-state index contributed by atoms with van der Waals surface area (Å²) < 4.78 is 67.2. The summed E-state index contributed by atoms with van der Waals surface area (Å²) in [5.74, 6) is -3.96. The van der Waals surface area contributed by atoms with Crippen molar-refractivity contribution in [3.8, 4) is 0 Å². The first-order valence-electron chi connectivity index (χ1n) is 26.4. The molecule has 8 rings (SSSR count). The van der Waals surface area contributed by atoms with E-state index >= 15 is 0 Å². The van der Waals surface area contributed by atoms with Gasteiger partial charge in [-0.3, -0.25) is 24.3 Å². The zero-order chi connectivity index (χ0) is 57.9. The van der Waals surface area contributed by atoms with Gasteiger partial charge in [-0.2, -0.15) is 0 Å². The van der Waals surface area contributed by atoms with Crippen LogP contribution >= 0.6 is 0 Å². The van der Waals surface area contributed by atoms with Crippen molar-refractivity contribution in [2.45, 2.75) is 128 Å². The molecule has 424 valence electrons. The van der Waals surface area contributed by atoms with Gasteiger partial charge < -0.3 is 35.2 Å². The fourth-order valence-corrected chi connectivity index (χ4v) is 9.76. The van der Waals surface area contributed by atoms with Crippen LogP contribution in [-0.2, 0) is 58.1 Å². The molecule has 0 aromatic heterocycles. The van der Waals surface area contributed by atoms with E-state index in [4.69, 9.17) is 15.2 Å². The van der Waals surface area contributed by atoms with E-state index in [-0.39, 0.29) is 44.8 Å². The SMILES string of the molecule is CC(C)(C)OC(=O)N1CN(Cc2ccccc2)C(=O)[C@@H]1[C@@H](O)[C@@H](Cc1cc(F)cc(F)c1)N(Cc1ccccc1)Cc1ccccc1.CC(C)(C)OC(=O)N1CN(Cc2ccccc2)C(=O)[C@@H]1[C@@H](O)[C@@H](N)Cc1cc(F)cc(F)c1. The number of aliphatic hydroxyl groups is 2. The highest BCUT2D eigenvalue weighted by molar-refractivity contribution is 5.90. The summed E-state index contributed by atoms with van der Waals surface area (Å²) in [5.41, 5.74) is 8.61. The first-order chi connectivity index (χ1) is 37.9. The lowest BCUT2D eigenvalue weighted by Gasteiger charge is -2.39. The topological polar surface area (TPSA) is 169 Å². The van der Waals surface area contributed by atoms with Gasteiger partial charge in [0, 0.05) is 50.4 Å². The molecule has 0 radical (unpaired) electrons. The monoisotopic (exact) mass is 1100 g/mol. The lowest BCUT2D eigenvalue weighted by molar-refractivity contribution is -0.134. The molecule has 2 aliphatic heterocycles. The third-order valence-corrected chi connectivity index (χ3v) is 13.3. The van der Waals surface area contributed by atoms with Crippen LogP contribution in [0.2, 0.25) is 0 Å². The minimum atomic E-state index is -1.49. The van der Waals surface area contributed by atoms with E-state index in [1.807, 2.05) is 126 Å². The number of carbonyl (C=O) groups is 4. The Kier molecular flexibility index (Phi) is 19.9. The van der Waals surface area contributed by atoms with Gasteiger partial charge in [-0.15, -0.1) is 0 Å². The lowest BCUT2D eigenvalue weighted by Crippen LogP contribution is -2.56. The predicted octanol–water partition coefficient (Wildman–Crippen LogP) is 9.35. The number of aliphatic hydroxyl groups excluding tert-OH is 2. The largest absolute Gasteiger partial charge is 0.444 e. The number of halogens is 4. The zero-order valence-corrected chi connectivity index (χ0v) is 45.8. The van der Waals surface area contributed by atoms with Gasteiger partial charge >= 0.3 is 12.2 Å². The van der Waals surface area contributed by atoms with Crippen LogP contribution < -0.4 is 5.73 Å². The van der Waals surface area contributed by atoms with Crippen molar-refractivity contribution < 1.29 is 56.4 Å². The third-order valence-electron chi connectivity index (χ3n) is 13.3. The molecular weight excluding hydrogens is 1030 g/mol. The second-order valence-electron chi connectivity index (χ2n) is 22.2. The van der Waals surface area contributed by atoms with Crippen molar-refractivity contribution in [1.29, 1.82) is 0 Å². The average Bonchev–Trinajstić information content (AvgIpc) is 3.89. The molecule has 6 atom stereocenters. The number of ether oxygens (including phenoxy) is 2. The molecule has 4 N–H and O–H groups in total. The molecule has 0 aliphatic carbocycles. The molecule has 0 unspecified atom stereocenters. The molecule has 14 nitrogen and oxygen atoms in total. The van der Waals surface area contributed by atoms with Crippen LogP contribution in [0.1, 0.15) is 74.9 Å². The molecule has 0 saturated carbocycles. The van der Waals surface area contributed by atoms with E-state index in [2.05, 4.69) is 0 Å². The summed E-state index contributed by atoms with van der Waals surface area (Å²) in [6.45, 7) is 11.3. The van der Waals surface area contributed by atoms with Crippen molar-refractivity contribution in [2.75, 3.05) is 13.3 Å². The normalized spacial score (nSPS) is 17.2. The number of carbonyl (C=O) groups excluding carboxylic acids is 4. The molecule has 0 bridgehead atoms. The van der Waals surface area contributed by atoms with Crippen molar-refractivity contribution in [3.05, 3.63) is 214 Å². The average molecular weight is 1100 g/mol. The number of hydrogen-bond donors (Lipinski definition) is 3. The number of benzene rings is 6. The fourth-order valence-electron chi connectivity index (χ4n) is 9.76. The van der Waals surface area contributed by atoms with Crippen LogP contribution in [0.5, 0.6) is 0 Å². The van der Waals surface area contributed by atoms with E-state index in [9.17, 15) is 47.0 Å². The highest BCUT2D eigenvalue weighted by Crippen LogP contribution is 2.30. The van der Waals surface area contributed by atoms with Gasteiger partial charge in [0.05, 0.1) is 12.2 Å². The summed E-state index contributed by atoms with van der Waals surface area (Å²) in [4.78, 5) is 61.3. The Morgan fingerprint density at radius 2 is 0.850 bits per heavy atom. The van der Waals surface area contributed by atoms with Crippen LogP contribution in [0.25, 0.3) is 0 Å². The molecule has 80 heavy (non-hydrogen) atoms. The maximum absolute atomic E-state index is 14.5. The predicted molar refractivity (Wildman–Crippen MR) is 293 cm³/mol. The van der Waals surface area contributed by atoms with Crippen molar-refractivity contribution in [3.63, 3.8) is 0 Å². The second-order valence-corrected chi connectivity index (χ2v) is 22.2. The number of amides is 4. The standard InChI is InChI=1S/C38H41F2N3O4.C24H29F2N3O4/c1-38(2,3)47-37(46)43-26-42(25-29-17-11-6-12-18-29)36(45)34(43)35(44)33(21-30-19-31(39)22-32(40)20-30)41(23-27-13-7-4-8-14-27)24-28-15-9-5-10-16-28;1-24(2,3)33-23(32)29-14-28(13-15-7-5-4-6-8-15)22(31)20(29)21(30)19(27)11-16-9-17(25)12-18(26)10-16/h4-20,22,33-35,44H,21,23-26H2,1-3H3;4-10,12,19-21,30H,11,13-14,27H2,1-3H3/t33-,34+,35+;19-,20-,21-/m10/s1. The zero-order valence-electron chi connectivity index (χ0n) is 45.8. The Morgan fingerprint density at radius 1 is 0.525 bits per heavy atom. The van der Waals surface area contributed by atoms with Crippen LogP contribution in [-0.4, -0.2) is 120 Å². The van der Waals surface area contributed by atoms with Gasteiger partial charge in [0.15, 0.2) is 0 Å². The molecule has 2 heterocycles. The highest BCUT2D eigenvalue weighted by Gasteiger charge is 2.51. The van der Waals surface area contributed by atoms with E-state index in [1.165, 1.54) is 26.8 Å². The molecule has 0 spiro atoms. The van der Waals surface area contributed by atoms with Gasteiger partial charge in [0.2, 0.25) is 11.8 Å². The van der Waals surface area contributed by atoms with Crippen molar-refractivity contribution >= 4 is 24.0 Å². The van der Waals surface area contributed by atoms with Crippen molar-refractivity contribution in [1.82, 2.24) is 24.5 Å². The summed E-state index contributed by atoms with van der Waals surface area (Å²) >= 11 is 0. The van der Waals surface area contributed by atoms with Crippen LogP contribution in [0, 0.1) is 23.3 Å². The maximum Gasteiger partial charge on any atom is 0.412 e. The first kappa shape index (κ1) is 60.0. The molecule has 6 aromatic rings. The Hall–Kier alpha value is -7.64. The Morgan fingerprint density at radius 3 is 1.20 bits per heavy atom. The minimum Gasteiger partial charge on any atom is -0.444 e. The van der Waals surface area contributed by atoms with Gasteiger partial charge in [-0.25, -0.2) is 27.2 Å². The minimum absolute atomic E-state index is 0.000136. The van der Waals surface area contributed by atoms with Crippen molar-refractivity contribution in [2.24, 2.45) is 5.73 Å². The number of hydrogen-bond acceptors (Lipinski definition) is 10. The molecule has 2 aliphatic rings. The van der Waals surface area contributed by atoms with Crippen LogP contribution in [0.15, 0.2) is 158 Å². The smallest absolute Gasteiger partial charge is 0.412 e. The van der Waals surface area contributed by atoms with E-state index in [0.29, 0.717) is 18.7 Å². The lowest BCUT2D eigenvalue weighted by atomic mass is 9.93. The van der Waals surface area contributed by atoms with Gasteiger partial charge in [-0.05, 0) is 112 Å². The number of nitrogens with zero attached hydrogens (tertiary/aromatic N) is 5. The molecule has 2 fully saturated rings. The Bertz CT molecular complexity index is 2940. The van der Waals surface area contributed by atoms with Gasteiger partial charge in [0.25, 0.3) is 0 Å². The number of nitrogens with two attached hydrogens (primary N) is 1.